The van der Waals surface area contributed by atoms with Crippen molar-refractivity contribution in [2.45, 2.75) is 13.0 Å². The van der Waals surface area contributed by atoms with Crippen LogP contribution in [0.3, 0.4) is 0 Å². The lowest BCUT2D eigenvalue weighted by atomic mass is 9.97. The Kier molecular flexibility index (Phi) is 5.44. The number of amides is 1. The van der Waals surface area contributed by atoms with Crippen LogP contribution in [0, 0.1) is 0 Å². The molecule has 0 radical (unpaired) electrons. The number of H-pyrrole nitrogens is 1. The Balaban J connectivity index is 1.65. The molecule has 0 saturated carbocycles. The number of aromatic nitrogens is 2. The number of hydrogen-bond donors (Lipinski definition) is 1. The fraction of sp³-hybridized carbons (Fsp3) is 0.125. The SMILES string of the molecule is CCOC(=O)c1ccc(N2C(=O)c3n[nH]c(-c4ccco4)c3[C@@H]2c2ccc(Cl)cc2Cl)cc1. The largest absolute Gasteiger partial charge is 0.463 e. The summed E-state index contributed by atoms with van der Waals surface area (Å²) >= 11 is 12.7. The molecule has 0 unspecified atom stereocenters. The first-order valence-corrected chi connectivity index (χ1v) is 10.9. The number of carbonyl (C=O) groups is 2. The lowest BCUT2D eigenvalue weighted by molar-refractivity contribution is 0.0526. The van der Waals surface area contributed by atoms with E-state index in [0.29, 0.717) is 43.9 Å². The van der Waals surface area contributed by atoms with Crippen molar-refractivity contribution in [3.05, 3.63) is 93.3 Å². The molecule has 0 fully saturated rings. The summed E-state index contributed by atoms with van der Waals surface area (Å²) in [4.78, 5) is 27.2. The maximum Gasteiger partial charge on any atom is 0.338 e. The fourth-order valence-corrected chi connectivity index (χ4v) is 4.52. The number of rotatable bonds is 5. The van der Waals surface area contributed by atoms with E-state index in [4.69, 9.17) is 32.4 Å². The number of ether oxygens (including phenoxy) is 1. The average molecular weight is 482 g/mol. The Morgan fingerprint density at radius 1 is 1.18 bits per heavy atom. The molecule has 166 valence electrons. The number of anilines is 1. The van der Waals surface area contributed by atoms with Gasteiger partial charge in [0.1, 0.15) is 5.69 Å². The molecule has 0 bridgehead atoms. The Labute approximate surface area is 198 Å². The van der Waals surface area contributed by atoms with E-state index in [9.17, 15) is 9.59 Å². The molecular formula is C24H17Cl2N3O4. The van der Waals surface area contributed by atoms with Crippen molar-refractivity contribution in [2.75, 3.05) is 11.5 Å². The van der Waals surface area contributed by atoms with Crippen molar-refractivity contribution in [3.8, 4) is 11.5 Å². The number of nitrogens with one attached hydrogen (secondary N) is 1. The zero-order valence-corrected chi connectivity index (χ0v) is 18.9. The molecule has 1 aliphatic heterocycles. The van der Waals surface area contributed by atoms with E-state index in [1.54, 1.807) is 72.7 Å². The average Bonchev–Trinajstić information content (AvgIpc) is 3.52. The quantitative estimate of drug-likeness (QED) is 0.358. The van der Waals surface area contributed by atoms with Crippen LogP contribution in [-0.2, 0) is 4.74 Å². The van der Waals surface area contributed by atoms with E-state index in [2.05, 4.69) is 10.2 Å². The van der Waals surface area contributed by atoms with Gasteiger partial charge in [0.05, 0.1) is 24.5 Å². The van der Waals surface area contributed by atoms with Gasteiger partial charge < -0.3 is 9.15 Å². The summed E-state index contributed by atoms with van der Waals surface area (Å²) < 4.78 is 10.6. The predicted octanol–water partition coefficient (Wildman–Crippen LogP) is 5.90. The van der Waals surface area contributed by atoms with Crippen LogP contribution in [0.4, 0.5) is 5.69 Å². The molecule has 0 saturated heterocycles. The summed E-state index contributed by atoms with van der Waals surface area (Å²) in [6.07, 6.45) is 1.55. The number of esters is 1. The van der Waals surface area contributed by atoms with Gasteiger partial charge in [-0.05, 0) is 61.0 Å². The third-order valence-electron chi connectivity index (χ3n) is 5.44. The Bertz CT molecular complexity index is 1350. The van der Waals surface area contributed by atoms with Crippen molar-refractivity contribution < 1.29 is 18.7 Å². The van der Waals surface area contributed by atoms with Gasteiger partial charge >= 0.3 is 5.97 Å². The number of furan rings is 1. The van der Waals surface area contributed by atoms with E-state index in [0.717, 1.165) is 0 Å². The molecule has 9 heteroatoms. The first-order valence-electron chi connectivity index (χ1n) is 10.2. The molecule has 7 nitrogen and oxygen atoms in total. The third kappa shape index (κ3) is 3.59. The third-order valence-corrected chi connectivity index (χ3v) is 6.00. The van der Waals surface area contributed by atoms with E-state index in [-0.39, 0.29) is 18.2 Å². The van der Waals surface area contributed by atoms with Gasteiger partial charge in [-0.3, -0.25) is 14.8 Å². The first kappa shape index (κ1) is 21.3. The number of nitrogens with zero attached hydrogens (tertiary/aromatic N) is 2. The van der Waals surface area contributed by atoms with Gasteiger partial charge in [-0.25, -0.2) is 4.79 Å². The van der Waals surface area contributed by atoms with Crippen molar-refractivity contribution in [1.29, 1.82) is 0 Å². The molecule has 33 heavy (non-hydrogen) atoms. The van der Waals surface area contributed by atoms with E-state index < -0.39 is 12.0 Å². The number of hydrogen-bond acceptors (Lipinski definition) is 5. The summed E-state index contributed by atoms with van der Waals surface area (Å²) in [5.74, 6) is -0.188. The second-order valence-corrected chi connectivity index (χ2v) is 8.19. The van der Waals surface area contributed by atoms with Crippen molar-refractivity contribution >= 4 is 40.8 Å². The number of benzene rings is 2. The Morgan fingerprint density at radius 2 is 1.97 bits per heavy atom. The summed E-state index contributed by atoms with van der Waals surface area (Å²) in [6, 6.07) is 14.7. The Hall–Kier alpha value is -3.55. The van der Waals surface area contributed by atoms with Gasteiger partial charge in [-0.1, -0.05) is 29.3 Å². The van der Waals surface area contributed by atoms with Crippen LogP contribution >= 0.6 is 23.2 Å². The van der Waals surface area contributed by atoms with E-state index in [1.807, 2.05) is 0 Å². The molecular weight excluding hydrogens is 465 g/mol. The van der Waals surface area contributed by atoms with Crippen molar-refractivity contribution in [1.82, 2.24) is 10.2 Å². The molecule has 1 aliphatic rings. The molecule has 2 aromatic carbocycles. The number of aromatic amines is 1. The standard InChI is InChI=1S/C24H17Cl2N3O4/c1-2-32-24(31)13-5-8-15(9-6-13)29-22(16-10-7-14(25)12-17(16)26)19-20(18-4-3-11-33-18)27-28-21(19)23(29)30/h3-12,22H,2H2,1H3,(H,27,28)/t22-/m0/s1. The van der Waals surface area contributed by atoms with Gasteiger partial charge in [-0.2, -0.15) is 5.10 Å². The summed E-state index contributed by atoms with van der Waals surface area (Å²) in [6.45, 7) is 2.02. The normalized spacial score (nSPS) is 15.1. The maximum atomic E-state index is 13.5. The topological polar surface area (TPSA) is 88.4 Å². The van der Waals surface area contributed by atoms with E-state index >= 15 is 0 Å². The highest BCUT2D eigenvalue weighted by atomic mass is 35.5. The Morgan fingerprint density at radius 3 is 2.64 bits per heavy atom. The minimum Gasteiger partial charge on any atom is -0.463 e. The highest BCUT2D eigenvalue weighted by molar-refractivity contribution is 6.35. The van der Waals surface area contributed by atoms with Crippen LogP contribution < -0.4 is 4.90 Å². The molecule has 4 aromatic rings. The van der Waals surface area contributed by atoms with Gasteiger partial charge in [0.15, 0.2) is 11.5 Å². The zero-order valence-electron chi connectivity index (χ0n) is 17.3. The second kappa shape index (κ2) is 8.42. The van der Waals surface area contributed by atoms with Crippen LogP contribution in [0.5, 0.6) is 0 Å². The van der Waals surface area contributed by atoms with Gasteiger partial charge in [0, 0.05) is 21.3 Å². The highest BCUT2D eigenvalue weighted by Crippen LogP contribution is 2.47. The molecule has 1 amide bonds. The second-order valence-electron chi connectivity index (χ2n) is 7.35. The molecule has 2 aromatic heterocycles. The van der Waals surface area contributed by atoms with Gasteiger partial charge in [-0.15, -0.1) is 0 Å². The summed E-state index contributed by atoms with van der Waals surface area (Å²) in [5.41, 5.74) is 3.15. The van der Waals surface area contributed by atoms with Gasteiger partial charge in [0.2, 0.25) is 0 Å². The smallest absolute Gasteiger partial charge is 0.338 e. The zero-order chi connectivity index (χ0) is 23.1. The lowest BCUT2D eigenvalue weighted by Crippen LogP contribution is -2.29. The predicted molar refractivity (Wildman–Crippen MR) is 124 cm³/mol. The molecule has 1 N–H and O–H groups in total. The molecule has 0 spiro atoms. The van der Waals surface area contributed by atoms with Crippen LogP contribution in [0.15, 0.2) is 65.3 Å². The van der Waals surface area contributed by atoms with Crippen LogP contribution in [0.2, 0.25) is 10.0 Å². The monoisotopic (exact) mass is 481 g/mol. The number of fused-ring (bicyclic) bond motifs is 1. The minimum absolute atomic E-state index is 0.270. The number of halogens is 2. The first-order chi connectivity index (χ1) is 16.0. The molecule has 0 aliphatic carbocycles. The highest BCUT2D eigenvalue weighted by Gasteiger charge is 2.44. The van der Waals surface area contributed by atoms with Crippen molar-refractivity contribution in [2.24, 2.45) is 0 Å². The minimum atomic E-state index is -0.593. The summed E-state index contributed by atoms with van der Waals surface area (Å²) in [5, 5.41) is 8.10. The fourth-order valence-electron chi connectivity index (χ4n) is 4.01. The molecule has 3 heterocycles. The van der Waals surface area contributed by atoms with Crippen LogP contribution in [-0.4, -0.2) is 28.7 Å². The van der Waals surface area contributed by atoms with Gasteiger partial charge in [0.25, 0.3) is 5.91 Å². The number of carbonyl (C=O) groups excluding carboxylic acids is 2. The maximum absolute atomic E-state index is 13.5. The van der Waals surface area contributed by atoms with Crippen LogP contribution in [0.25, 0.3) is 11.5 Å². The molecule has 1 atom stereocenters. The van der Waals surface area contributed by atoms with Crippen molar-refractivity contribution in [3.63, 3.8) is 0 Å². The van der Waals surface area contributed by atoms with Crippen LogP contribution in [0.1, 0.15) is 44.9 Å². The van der Waals surface area contributed by atoms with E-state index in [1.165, 1.54) is 0 Å². The molecule has 5 rings (SSSR count). The summed E-state index contributed by atoms with van der Waals surface area (Å²) in [7, 11) is 0. The lowest BCUT2D eigenvalue weighted by Gasteiger charge is -2.27.